The lowest BCUT2D eigenvalue weighted by Gasteiger charge is -2.28. The maximum absolute atomic E-state index is 6.05. The second kappa shape index (κ2) is 5.03. The van der Waals surface area contributed by atoms with Gasteiger partial charge >= 0.3 is 0 Å². The zero-order valence-corrected chi connectivity index (χ0v) is 11.8. The van der Waals surface area contributed by atoms with E-state index in [2.05, 4.69) is 52.0 Å². The number of rotatable bonds is 5. The van der Waals surface area contributed by atoms with Gasteiger partial charge in [0.25, 0.3) is 0 Å². The standard InChI is InChI=1S/C13H28N2O/c1-12(2)10-11(13(3,4)16-12)14-8-7-9-15(5)6/h11,14H,7-10H2,1-6H3. The quantitative estimate of drug-likeness (QED) is 0.727. The Kier molecular flexibility index (Phi) is 4.38. The fourth-order valence-electron chi connectivity index (χ4n) is 2.55. The minimum Gasteiger partial charge on any atom is -0.368 e. The molecule has 1 atom stereocenters. The molecular weight excluding hydrogens is 200 g/mol. The van der Waals surface area contributed by atoms with Gasteiger partial charge in [0.05, 0.1) is 11.2 Å². The molecule has 0 aromatic heterocycles. The van der Waals surface area contributed by atoms with Crippen LogP contribution in [0.3, 0.4) is 0 Å². The first-order valence-corrected chi connectivity index (χ1v) is 6.31. The smallest absolute Gasteiger partial charge is 0.0787 e. The van der Waals surface area contributed by atoms with Crippen molar-refractivity contribution in [3.63, 3.8) is 0 Å². The van der Waals surface area contributed by atoms with E-state index in [4.69, 9.17) is 4.74 Å². The molecule has 1 rings (SSSR count). The third-order valence-corrected chi connectivity index (χ3v) is 3.25. The lowest BCUT2D eigenvalue weighted by Crippen LogP contribution is -2.44. The lowest BCUT2D eigenvalue weighted by molar-refractivity contribution is -0.0697. The molecule has 16 heavy (non-hydrogen) atoms. The number of nitrogens with one attached hydrogen (secondary N) is 1. The highest BCUT2D eigenvalue weighted by Crippen LogP contribution is 2.37. The molecule has 0 bridgehead atoms. The van der Waals surface area contributed by atoms with Crippen LogP contribution in [0.4, 0.5) is 0 Å². The van der Waals surface area contributed by atoms with Gasteiger partial charge in [-0.15, -0.1) is 0 Å². The fraction of sp³-hybridized carbons (Fsp3) is 1.00. The van der Waals surface area contributed by atoms with Gasteiger partial charge in [0.1, 0.15) is 0 Å². The molecule has 1 aliphatic heterocycles. The molecule has 1 fully saturated rings. The predicted molar refractivity (Wildman–Crippen MR) is 68.8 cm³/mol. The Morgan fingerprint density at radius 1 is 1.25 bits per heavy atom. The minimum atomic E-state index is -0.0401. The maximum Gasteiger partial charge on any atom is 0.0787 e. The lowest BCUT2D eigenvalue weighted by atomic mass is 9.94. The number of nitrogens with zero attached hydrogens (tertiary/aromatic N) is 1. The molecule has 1 unspecified atom stereocenters. The number of hydrogen-bond acceptors (Lipinski definition) is 3. The molecule has 3 heteroatoms. The van der Waals surface area contributed by atoms with Gasteiger partial charge in [-0.3, -0.25) is 0 Å². The first kappa shape index (κ1) is 13.9. The van der Waals surface area contributed by atoms with Crippen molar-refractivity contribution in [2.45, 2.75) is 57.8 Å². The van der Waals surface area contributed by atoms with Gasteiger partial charge in [-0.2, -0.15) is 0 Å². The molecule has 1 aliphatic rings. The summed E-state index contributed by atoms with van der Waals surface area (Å²) in [6, 6.07) is 0.477. The van der Waals surface area contributed by atoms with E-state index in [1.165, 1.54) is 6.42 Å². The van der Waals surface area contributed by atoms with Crippen molar-refractivity contribution in [2.75, 3.05) is 27.2 Å². The van der Waals surface area contributed by atoms with Gasteiger partial charge < -0.3 is 15.0 Å². The van der Waals surface area contributed by atoms with E-state index in [1.54, 1.807) is 0 Å². The maximum atomic E-state index is 6.05. The minimum absolute atomic E-state index is 0.0166. The van der Waals surface area contributed by atoms with E-state index in [1.807, 2.05) is 0 Å². The third kappa shape index (κ3) is 4.04. The van der Waals surface area contributed by atoms with Crippen molar-refractivity contribution in [1.82, 2.24) is 10.2 Å². The van der Waals surface area contributed by atoms with Crippen LogP contribution in [0.25, 0.3) is 0 Å². The topological polar surface area (TPSA) is 24.5 Å². The Morgan fingerprint density at radius 3 is 2.31 bits per heavy atom. The molecule has 0 amide bonds. The first-order valence-electron chi connectivity index (χ1n) is 6.31. The van der Waals surface area contributed by atoms with Gasteiger partial charge in [0, 0.05) is 6.04 Å². The molecule has 0 aliphatic carbocycles. The molecule has 0 radical (unpaired) electrons. The third-order valence-electron chi connectivity index (χ3n) is 3.25. The summed E-state index contributed by atoms with van der Waals surface area (Å²) in [5.74, 6) is 0. The Morgan fingerprint density at radius 2 is 1.88 bits per heavy atom. The summed E-state index contributed by atoms with van der Waals surface area (Å²) >= 11 is 0. The fourth-order valence-corrected chi connectivity index (χ4v) is 2.55. The van der Waals surface area contributed by atoms with Crippen molar-refractivity contribution < 1.29 is 4.74 Å². The van der Waals surface area contributed by atoms with Crippen LogP contribution < -0.4 is 5.32 Å². The molecular formula is C13H28N2O. The molecule has 0 saturated carbocycles. The van der Waals surface area contributed by atoms with Gasteiger partial charge in [0.2, 0.25) is 0 Å². The van der Waals surface area contributed by atoms with Crippen LogP contribution >= 0.6 is 0 Å². The Balaban J connectivity index is 2.32. The summed E-state index contributed by atoms with van der Waals surface area (Å²) in [5, 5.41) is 3.63. The van der Waals surface area contributed by atoms with Gasteiger partial charge in [0.15, 0.2) is 0 Å². The van der Waals surface area contributed by atoms with Crippen LogP contribution in [0.15, 0.2) is 0 Å². The first-order chi connectivity index (χ1) is 7.23. The molecule has 3 nitrogen and oxygen atoms in total. The average molecular weight is 228 g/mol. The van der Waals surface area contributed by atoms with E-state index in [9.17, 15) is 0 Å². The van der Waals surface area contributed by atoms with Gasteiger partial charge in [-0.25, -0.2) is 0 Å². The monoisotopic (exact) mass is 228 g/mol. The Hall–Kier alpha value is -0.120. The van der Waals surface area contributed by atoms with Crippen molar-refractivity contribution in [3.8, 4) is 0 Å². The summed E-state index contributed by atoms with van der Waals surface area (Å²) in [6.07, 6.45) is 2.29. The van der Waals surface area contributed by atoms with Crippen molar-refractivity contribution in [2.24, 2.45) is 0 Å². The second-order valence-electron chi connectivity index (χ2n) is 6.33. The van der Waals surface area contributed by atoms with Crippen molar-refractivity contribution >= 4 is 0 Å². The van der Waals surface area contributed by atoms with Crippen LogP contribution in [-0.2, 0) is 4.74 Å². The summed E-state index contributed by atoms with van der Waals surface area (Å²) in [4.78, 5) is 2.22. The van der Waals surface area contributed by atoms with E-state index < -0.39 is 0 Å². The highest BCUT2D eigenvalue weighted by Gasteiger charge is 2.45. The Labute approximate surface area is 101 Å². The molecule has 96 valence electrons. The molecule has 0 spiro atoms. The highest BCUT2D eigenvalue weighted by molar-refractivity contribution is 4.98. The molecule has 0 aromatic carbocycles. The van der Waals surface area contributed by atoms with Crippen LogP contribution in [0.2, 0.25) is 0 Å². The molecule has 1 heterocycles. The Bertz CT molecular complexity index is 224. The van der Waals surface area contributed by atoms with Crippen molar-refractivity contribution in [3.05, 3.63) is 0 Å². The van der Waals surface area contributed by atoms with Crippen LogP contribution in [0.1, 0.15) is 40.5 Å². The zero-order valence-electron chi connectivity index (χ0n) is 11.8. The van der Waals surface area contributed by atoms with E-state index in [0.29, 0.717) is 6.04 Å². The van der Waals surface area contributed by atoms with Gasteiger partial charge in [-0.1, -0.05) is 0 Å². The molecule has 0 aromatic rings. The summed E-state index contributed by atoms with van der Waals surface area (Å²) in [6.45, 7) is 10.9. The predicted octanol–water partition coefficient (Wildman–Crippen LogP) is 1.87. The van der Waals surface area contributed by atoms with Crippen molar-refractivity contribution in [1.29, 1.82) is 0 Å². The second-order valence-corrected chi connectivity index (χ2v) is 6.33. The summed E-state index contributed by atoms with van der Waals surface area (Å²) in [5.41, 5.74) is -0.0235. The van der Waals surface area contributed by atoms with Crippen LogP contribution in [-0.4, -0.2) is 49.3 Å². The normalized spacial score (nSPS) is 27.6. The highest BCUT2D eigenvalue weighted by atomic mass is 16.5. The van der Waals surface area contributed by atoms with E-state index in [-0.39, 0.29) is 11.2 Å². The van der Waals surface area contributed by atoms with E-state index in [0.717, 1.165) is 19.5 Å². The number of hydrogen-bond donors (Lipinski definition) is 1. The van der Waals surface area contributed by atoms with E-state index >= 15 is 0 Å². The van der Waals surface area contributed by atoms with Gasteiger partial charge in [-0.05, 0) is 67.7 Å². The summed E-state index contributed by atoms with van der Waals surface area (Å²) in [7, 11) is 4.23. The number of ether oxygens (including phenoxy) is 1. The van der Waals surface area contributed by atoms with Crippen LogP contribution in [0, 0.1) is 0 Å². The molecule has 1 N–H and O–H groups in total. The summed E-state index contributed by atoms with van der Waals surface area (Å²) < 4.78 is 6.05. The largest absolute Gasteiger partial charge is 0.368 e. The zero-order chi connectivity index (χ0) is 12.4. The average Bonchev–Trinajstić information content (AvgIpc) is 2.27. The molecule has 1 saturated heterocycles. The van der Waals surface area contributed by atoms with Crippen LogP contribution in [0.5, 0.6) is 0 Å². The SMILES string of the molecule is CN(C)CCCNC1CC(C)(C)OC1(C)C.